The molecule has 0 spiro atoms. The third kappa shape index (κ3) is 3.30. The molecule has 3 nitrogen and oxygen atoms in total. The molecule has 0 atom stereocenters. The van der Waals surface area contributed by atoms with E-state index in [2.05, 4.69) is 27.4 Å². The summed E-state index contributed by atoms with van der Waals surface area (Å²) >= 11 is 2.07. The van der Waals surface area contributed by atoms with Crippen molar-refractivity contribution in [2.75, 3.05) is 35.7 Å². The Labute approximate surface area is 101 Å². The van der Waals surface area contributed by atoms with Crippen LogP contribution < -0.4 is 10.6 Å². The molecule has 0 bridgehead atoms. The van der Waals surface area contributed by atoms with Crippen molar-refractivity contribution in [2.24, 2.45) is 5.92 Å². The van der Waals surface area contributed by atoms with Crippen LogP contribution in [-0.2, 0) is 0 Å². The van der Waals surface area contributed by atoms with Crippen LogP contribution in [-0.4, -0.2) is 30.1 Å². The highest BCUT2D eigenvalue weighted by atomic mass is 32.2. The number of nitrogens with one attached hydrogen (secondary N) is 2. The lowest BCUT2D eigenvalue weighted by Gasteiger charge is -2.21. The van der Waals surface area contributed by atoms with Gasteiger partial charge in [0.1, 0.15) is 11.6 Å². The summed E-state index contributed by atoms with van der Waals surface area (Å²) in [5, 5.41) is 6.48. The van der Waals surface area contributed by atoms with Crippen LogP contribution >= 0.6 is 11.8 Å². The zero-order valence-electron chi connectivity index (χ0n) is 9.70. The first-order valence-corrected chi connectivity index (χ1v) is 7.00. The second-order valence-corrected chi connectivity index (χ2v) is 5.32. The second-order valence-electron chi connectivity index (χ2n) is 4.09. The van der Waals surface area contributed by atoms with Crippen molar-refractivity contribution in [1.82, 2.24) is 4.98 Å². The average molecular weight is 237 g/mol. The van der Waals surface area contributed by atoms with Gasteiger partial charge in [0.15, 0.2) is 0 Å². The Morgan fingerprint density at radius 2 is 2.06 bits per heavy atom. The topological polar surface area (TPSA) is 37.0 Å². The molecule has 0 unspecified atom stereocenters. The highest BCUT2D eigenvalue weighted by Crippen LogP contribution is 2.22. The molecular formula is C12H19N3S. The van der Waals surface area contributed by atoms with E-state index < -0.39 is 0 Å². The molecule has 2 rings (SSSR count). The highest BCUT2D eigenvalue weighted by Gasteiger charge is 2.13. The fraction of sp³-hybridized carbons (Fsp3) is 0.583. The van der Waals surface area contributed by atoms with Crippen LogP contribution in [0.25, 0.3) is 0 Å². The van der Waals surface area contributed by atoms with Crippen LogP contribution in [0.1, 0.15) is 12.8 Å². The van der Waals surface area contributed by atoms with Gasteiger partial charge in [0.25, 0.3) is 0 Å². The number of hydrogen-bond donors (Lipinski definition) is 2. The molecular weight excluding hydrogens is 218 g/mol. The lowest BCUT2D eigenvalue weighted by atomic mass is 10.0. The summed E-state index contributed by atoms with van der Waals surface area (Å²) < 4.78 is 0. The Balaban J connectivity index is 1.83. The lowest BCUT2D eigenvalue weighted by Crippen LogP contribution is -2.19. The molecule has 2 N–H and O–H groups in total. The first-order chi connectivity index (χ1) is 7.88. The fourth-order valence-corrected chi connectivity index (χ4v) is 3.08. The summed E-state index contributed by atoms with van der Waals surface area (Å²) in [6.07, 6.45) is 2.67. The first-order valence-electron chi connectivity index (χ1n) is 5.85. The van der Waals surface area contributed by atoms with E-state index in [-0.39, 0.29) is 0 Å². The zero-order chi connectivity index (χ0) is 11.2. The molecule has 88 valence electrons. The smallest absolute Gasteiger partial charge is 0.128 e. The van der Waals surface area contributed by atoms with E-state index in [0.29, 0.717) is 0 Å². The van der Waals surface area contributed by atoms with Gasteiger partial charge >= 0.3 is 0 Å². The van der Waals surface area contributed by atoms with E-state index in [1.54, 1.807) is 0 Å². The Morgan fingerprint density at radius 1 is 1.31 bits per heavy atom. The van der Waals surface area contributed by atoms with E-state index in [9.17, 15) is 0 Å². The summed E-state index contributed by atoms with van der Waals surface area (Å²) in [5.74, 6) is 5.35. The van der Waals surface area contributed by atoms with Crippen LogP contribution in [0.4, 0.5) is 11.6 Å². The second kappa shape index (κ2) is 5.99. The van der Waals surface area contributed by atoms with Gasteiger partial charge < -0.3 is 10.6 Å². The molecule has 1 fully saturated rings. The van der Waals surface area contributed by atoms with E-state index in [1.807, 2.05) is 25.2 Å². The number of thioether (sulfide) groups is 1. The summed E-state index contributed by atoms with van der Waals surface area (Å²) in [5.41, 5.74) is 0. The molecule has 0 amide bonds. The predicted molar refractivity (Wildman–Crippen MR) is 72.3 cm³/mol. The van der Waals surface area contributed by atoms with E-state index in [1.165, 1.54) is 24.3 Å². The summed E-state index contributed by atoms with van der Waals surface area (Å²) in [6, 6.07) is 6.03. The van der Waals surface area contributed by atoms with Crippen molar-refractivity contribution < 1.29 is 0 Å². The SMILES string of the molecule is CNc1cccc(NCC2CCSCC2)n1. The fourth-order valence-electron chi connectivity index (χ4n) is 1.87. The Morgan fingerprint density at radius 3 is 2.81 bits per heavy atom. The van der Waals surface area contributed by atoms with Crippen LogP contribution in [0.15, 0.2) is 18.2 Å². The van der Waals surface area contributed by atoms with Gasteiger partial charge in [0.05, 0.1) is 0 Å². The normalized spacial score (nSPS) is 17.1. The standard InChI is InChI=1S/C12H19N3S/c1-13-11-3-2-4-12(15-11)14-9-10-5-7-16-8-6-10/h2-4,10H,5-9H2,1H3,(H2,13,14,15). The molecule has 0 aliphatic carbocycles. The van der Waals surface area contributed by atoms with Crippen molar-refractivity contribution >= 4 is 23.4 Å². The molecule has 0 saturated carbocycles. The molecule has 1 aromatic heterocycles. The number of aromatic nitrogens is 1. The van der Waals surface area contributed by atoms with Crippen molar-refractivity contribution in [3.05, 3.63) is 18.2 Å². The molecule has 0 aromatic carbocycles. The summed E-state index contributed by atoms with van der Waals surface area (Å²) in [6.45, 7) is 1.06. The predicted octanol–water partition coefficient (Wildman–Crippen LogP) is 2.68. The maximum Gasteiger partial charge on any atom is 0.128 e. The quantitative estimate of drug-likeness (QED) is 0.844. The van der Waals surface area contributed by atoms with Gasteiger partial charge in [-0.15, -0.1) is 0 Å². The van der Waals surface area contributed by atoms with Crippen LogP contribution in [0.5, 0.6) is 0 Å². The van der Waals surface area contributed by atoms with Gasteiger partial charge in [0, 0.05) is 13.6 Å². The minimum Gasteiger partial charge on any atom is -0.373 e. The van der Waals surface area contributed by atoms with E-state index in [0.717, 1.165) is 24.1 Å². The molecule has 1 aromatic rings. The Kier molecular flexibility index (Phi) is 4.34. The third-order valence-electron chi connectivity index (χ3n) is 2.92. The van der Waals surface area contributed by atoms with E-state index >= 15 is 0 Å². The largest absolute Gasteiger partial charge is 0.373 e. The van der Waals surface area contributed by atoms with Crippen molar-refractivity contribution in [3.63, 3.8) is 0 Å². The first kappa shape index (κ1) is 11.6. The van der Waals surface area contributed by atoms with Gasteiger partial charge in [-0.25, -0.2) is 4.98 Å². The monoisotopic (exact) mass is 237 g/mol. The lowest BCUT2D eigenvalue weighted by molar-refractivity contribution is 0.515. The minimum atomic E-state index is 0.821. The molecule has 4 heteroatoms. The van der Waals surface area contributed by atoms with E-state index in [4.69, 9.17) is 0 Å². The third-order valence-corrected chi connectivity index (χ3v) is 3.97. The van der Waals surface area contributed by atoms with Crippen LogP contribution in [0.2, 0.25) is 0 Å². The molecule has 1 aliphatic rings. The number of anilines is 2. The average Bonchev–Trinajstić information content (AvgIpc) is 2.38. The minimum absolute atomic E-state index is 0.821. The molecule has 16 heavy (non-hydrogen) atoms. The summed E-state index contributed by atoms with van der Waals surface area (Å²) in [4.78, 5) is 4.45. The van der Waals surface area contributed by atoms with Crippen LogP contribution in [0.3, 0.4) is 0 Å². The number of nitrogens with zero attached hydrogens (tertiary/aromatic N) is 1. The number of rotatable bonds is 4. The van der Waals surface area contributed by atoms with Gasteiger partial charge in [0.2, 0.25) is 0 Å². The van der Waals surface area contributed by atoms with Gasteiger partial charge in [-0.2, -0.15) is 11.8 Å². The van der Waals surface area contributed by atoms with Crippen molar-refractivity contribution in [3.8, 4) is 0 Å². The highest BCUT2D eigenvalue weighted by molar-refractivity contribution is 7.99. The Bertz CT molecular complexity index is 324. The Hall–Kier alpha value is -0.900. The zero-order valence-corrected chi connectivity index (χ0v) is 10.5. The maximum atomic E-state index is 4.45. The van der Waals surface area contributed by atoms with Gasteiger partial charge in [-0.3, -0.25) is 0 Å². The van der Waals surface area contributed by atoms with Gasteiger partial charge in [-0.05, 0) is 42.4 Å². The number of hydrogen-bond acceptors (Lipinski definition) is 4. The van der Waals surface area contributed by atoms with Crippen molar-refractivity contribution in [2.45, 2.75) is 12.8 Å². The molecule has 2 heterocycles. The molecule has 0 radical (unpaired) electrons. The molecule has 1 saturated heterocycles. The number of pyridine rings is 1. The van der Waals surface area contributed by atoms with Crippen LogP contribution in [0, 0.1) is 5.92 Å². The summed E-state index contributed by atoms with van der Waals surface area (Å²) in [7, 11) is 1.89. The molecule has 1 aliphatic heterocycles. The van der Waals surface area contributed by atoms with Gasteiger partial charge in [-0.1, -0.05) is 6.07 Å². The maximum absolute atomic E-state index is 4.45. The van der Waals surface area contributed by atoms with Crippen molar-refractivity contribution in [1.29, 1.82) is 0 Å².